The molecule has 0 bridgehead atoms. The van der Waals surface area contributed by atoms with E-state index in [0.29, 0.717) is 12.4 Å². The summed E-state index contributed by atoms with van der Waals surface area (Å²) in [5.74, 6) is -0.234. The molecule has 1 aromatic carbocycles. The van der Waals surface area contributed by atoms with Crippen molar-refractivity contribution >= 4 is 11.6 Å². The predicted octanol–water partition coefficient (Wildman–Crippen LogP) is 3.43. The van der Waals surface area contributed by atoms with E-state index < -0.39 is 5.82 Å². The summed E-state index contributed by atoms with van der Waals surface area (Å²) >= 11 is 5.67. The Bertz CT molecular complexity index is 575. The topological polar surface area (TPSA) is 48.1 Å². The minimum absolute atomic E-state index is 0.0165. The first-order chi connectivity index (χ1) is 8.61. The zero-order valence-corrected chi connectivity index (χ0v) is 10.5. The van der Waals surface area contributed by atoms with E-state index in [0.717, 1.165) is 11.3 Å². The number of aryl methyl sites for hydroxylation is 1. The minimum Gasteiger partial charge on any atom is -0.436 e. The van der Waals surface area contributed by atoms with Gasteiger partial charge in [0.2, 0.25) is 5.88 Å². The number of hydrogen-bond donors (Lipinski definition) is 1. The summed E-state index contributed by atoms with van der Waals surface area (Å²) in [6, 6.07) is 8.02. The Morgan fingerprint density at radius 3 is 2.78 bits per heavy atom. The molecular weight excluding hydrogens is 255 g/mol. The van der Waals surface area contributed by atoms with Crippen LogP contribution >= 0.6 is 11.6 Å². The molecule has 1 aromatic heterocycles. The summed E-state index contributed by atoms with van der Waals surface area (Å²) in [6.45, 7) is 2.23. The van der Waals surface area contributed by atoms with Gasteiger partial charge in [-0.3, -0.25) is 0 Å². The normalized spacial score (nSPS) is 10.4. The molecule has 0 saturated heterocycles. The maximum Gasteiger partial charge on any atom is 0.219 e. The van der Waals surface area contributed by atoms with Crippen LogP contribution in [0.1, 0.15) is 11.3 Å². The molecule has 0 amide bonds. The Kier molecular flexibility index (Phi) is 3.79. The molecule has 1 heterocycles. The zero-order chi connectivity index (χ0) is 13.1. The third-order valence-electron chi connectivity index (χ3n) is 2.52. The largest absolute Gasteiger partial charge is 0.436 e. The second-order valence-electron chi connectivity index (χ2n) is 3.75. The van der Waals surface area contributed by atoms with Crippen LogP contribution < -0.4 is 10.5 Å². The summed E-state index contributed by atoms with van der Waals surface area (Å²) in [7, 11) is 0. The average Bonchev–Trinajstić information content (AvgIpc) is 2.35. The smallest absolute Gasteiger partial charge is 0.219 e. The molecule has 0 aliphatic heterocycles. The van der Waals surface area contributed by atoms with Crippen molar-refractivity contribution in [3.8, 4) is 11.6 Å². The first-order valence-electron chi connectivity index (χ1n) is 5.40. The second kappa shape index (κ2) is 5.33. The maximum atomic E-state index is 13.6. The van der Waals surface area contributed by atoms with Gasteiger partial charge in [-0.15, -0.1) is 0 Å². The molecule has 0 spiro atoms. The van der Waals surface area contributed by atoms with Crippen LogP contribution in [0.3, 0.4) is 0 Å². The minimum atomic E-state index is -0.596. The Hall–Kier alpha value is -1.65. The van der Waals surface area contributed by atoms with Gasteiger partial charge in [0.1, 0.15) is 0 Å². The van der Waals surface area contributed by atoms with E-state index >= 15 is 0 Å². The molecule has 18 heavy (non-hydrogen) atoms. The summed E-state index contributed by atoms with van der Waals surface area (Å²) < 4.78 is 19.0. The van der Waals surface area contributed by atoms with Gasteiger partial charge >= 0.3 is 0 Å². The number of rotatable bonds is 3. The number of nitrogens with two attached hydrogens (primary N) is 1. The number of aromatic nitrogens is 1. The van der Waals surface area contributed by atoms with Gasteiger partial charge < -0.3 is 10.5 Å². The highest BCUT2D eigenvalue weighted by Crippen LogP contribution is 2.28. The van der Waals surface area contributed by atoms with Gasteiger partial charge in [0.25, 0.3) is 0 Å². The van der Waals surface area contributed by atoms with Gasteiger partial charge in [-0.1, -0.05) is 23.7 Å². The maximum absolute atomic E-state index is 13.6. The molecule has 0 aliphatic rings. The van der Waals surface area contributed by atoms with Crippen LogP contribution in [0.15, 0.2) is 30.3 Å². The van der Waals surface area contributed by atoms with E-state index in [1.54, 1.807) is 18.2 Å². The van der Waals surface area contributed by atoms with Crippen molar-refractivity contribution in [1.29, 1.82) is 0 Å². The molecule has 2 aromatic rings. The number of ether oxygens (including phenoxy) is 1. The first-order valence-corrected chi connectivity index (χ1v) is 5.78. The highest BCUT2D eigenvalue weighted by Gasteiger charge is 2.09. The van der Waals surface area contributed by atoms with Gasteiger partial charge in [-0.2, -0.15) is 0 Å². The van der Waals surface area contributed by atoms with Crippen LogP contribution in [0.25, 0.3) is 0 Å². The number of nitrogens with zero attached hydrogens (tertiary/aromatic N) is 1. The van der Waals surface area contributed by atoms with E-state index in [4.69, 9.17) is 22.1 Å². The Morgan fingerprint density at radius 2 is 2.11 bits per heavy atom. The fourth-order valence-electron chi connectivity index (χ4n) is 1.51. The van der Waals surface area contributed by atoms with E-state index in [9.17, 15) is 4.39 Å². The Labute approximate surface area is 109 Å². The van der Waals surface area contributed by atoms with Crippen LogP contribution in [0, 0.1) is 12.7 Å². The van der Waals surface area contributed by atoms with Gasteiger partial charge in [0.15, 0.2) is 11.6 Å². The number of benzene rings is 1. The van der Waals surface area contributed by atoms with Crippen molar-refractivity contribution in [3.05, 3.63) is 52.4 Å². The summed E-state index contributed by atoms with van der Waals surface area (Å²) in [5.41, 5.74) is 7.23. The molecule has 3 nitrogen and oxygen atoms in total. The first kappa shape index (κ1) is 12.8. The van der Waals surface area contributed by atoms with Crippen molar-refractivity contribution in [1.82, 2.24) is 4.98 Å². The Morgan fingerprint density at radius 1 is 1.33 bits per heavy atom. The molecule has 2 rings (SSSR count). The zero-order valence-electron chi connectivity index (χ0n) is 9.78. The lowest BCUT2D eigenvalue weighted by Gasteiger charge is -2.08. The SMILES string of the molecule is Cc1nc(Oc2cccc(Cl)c2F)ccc1CN. The number of hydrogen-bond acceptors (Lipinski definition) is 3. The van der Waals surface area contributed by atoms with E-state index in [2.05, 4.69) is 4.98 Å². The lowest BCUT2D eigenvalue weighted by molar-refractivity contribution is 0.426. The standard InChI is InChI=1S/C13H12ClFN2O/c1-8-9(7-16)5-6-12(17-8)18-11-4-2-3-10(14)13(11)15/h2-6H,7,16H2,1H3. The fourth-order valence-corrected chi connectivity index (χ4v) is 1.68. The van der Waals surface area contributed by atoms with Crippen molar-refractivity contribution in [2.24, 2.45) is 5.73 Å². The molecule has 0 radical (unpaired) electrons. The molecule has 0 fully saturated rings. The van der Waals surface area contributed by atoms with Crippen LogP contribution in [0.4, 0.5) is 4.39 Å². The van der Waals surface area contributed by atoms with Gasteiger partial charge in [-0.25, -0.2) is 9.37 Å². The number of pyridine rings is 1. The second-order valence-corrected chi connectivity index (χ2v) is 4.16. The van der Waals surface area contributed by atoms with Crippen molar-refractivity contribution in [2.45, 2.75) is 13.5 Å². The van der Waals surface area contributed by atoms with Crippen molar-refractivity contribution in [2.75, 3.05) is 0 Å². The highest BCUT2D eigenvalue weighted by atomic mass is 35.5. The van der Waals surface area contributed by atoms with Crippen molar-refractivity contribution < 1.29 is 9.13 Å². The molecule has 0 atom stereocenters. The highest BCUT2D eigenvalue weighted by molar-refractivity contribution is 6.30. The number of halogens is 2. The van der Waals surface area contributed by atoms with E-state index in [1.165, 1.54) is 12.1 Å². The van der Waals surface area contributed by atoms with Crippen LogP contribution in [-0.4, -0.2) is 4.98 Å². The van der Waals surface area contributed by atoms with Gasteiger partial charge in [-0.05, 0) is 24.6 Å². The van der Waals surface area contributed by atoms with E-state index in [-0.39, 0.29) is 10.8 Å². The quantitative estimate of drug-likeness (QED) is 0.926. The summed E-state index contributed by atoms with van der Waals surface area (Å²) in [5, 5.41) is 0.0165. The van der Waals surface area contributed by atoms with Gasteiger partial charge in [0.05, 0.1) is 5.02 Å². The molecular formula is C13H12ClFN2O. The lowest BCUT2D eigenvalue weighted by Crippen LogP contribution is -2.01. The monoisotopic (exact) mass is 266 g/mol. The Balaban J connectivity index is 2.29. The van der Waals surface area contributed by atoms with Crippen molar-refractivity contribution in [3.63, 3.8) is 0 Å². The van der Waals surface area contributed by atoms with Crippen LogP contribution in [0.2, 0.25) is 5.02 Å². The molecule has 2 N–H and O–H groups in total. The summed E-state index contributed by atoms with van der Waals surface area (Å²) in [4.78, 5) is 4.20. The predicted molar refractivity (Wildman–Crippen MR) is 68.3 cm³/mol. The molecule has 0 saturated carbocycles. The van der Waals surface area contributed by atoms with E-state index in [1.807, 2.05) is 6.92 Å². The van der Waals surface area contributed by atoms with Crippen LogP contribution in [-0.2, 0) is 6.54 Å². The average molecular weight is 267 g/mol. The molecule has 0 unspecified atom stereocenters. The van der Waals surface area contributed by atoms with Crippen LogP contribution in [0.5, 0.6) is 11.6 Å². The third kappa shape index (κ3) is 2.60. The molecule has 5 heteroatoms. The lowest BCUT2D eigenvalue weighted by atomic mass is 10.2. The fraction of sp³-hybridized carbons (Fsp3) is 0.154. The van der Waals surface area contributed by atoms with Gasteiger partial charge in [0, 0.05) is 18.3 Å². The third-order valence-corrected chi connectivity index (χ3v) is 2.81. The summed E-state index contributed by atoms with van der Waals surface area (Å²) in [6.07, 6.45) is 0. The molecule has 94 valence electrons. The molecule has 0 aliphatic carbocycles.